The first-order valence-electron chi connectivity index (χ1n) is 19.0. The van der Waals surface area contributed by atoms with Crippen molar-refractivity contribution in [3.8, 4) is 0 Å². The van der Waals surface area contributed by atoms with Gasteiger partial charge in [0.25, 0.3) is 0 Å². The monoisotopic (exact) mass is 734 g/mol. The van der Waals surface area contributed by atoms with Crippen molar-refractivity contribution in [2.24, 2.45) is 0 Å². The maximum absolute atomic E-state index is 12.4. The molecule has 10 heteroatoms. The highest BCUT2D eigenvalue weighted by Crippen LogP contribution is 2.35. The molecule has 0 fully saturated rings. The molecule has 0 amide bonds. The van der Waals surface area contributed by atoms with Crippen LogP contribution in [0.1, 0.15) is 136 Å². The number of ether oxygens (including phenoxy) is 2. The molecular weight excluding hydrogens is 667 g/mol. The second-order valence-electron chi connectivity index (χ2n) is 12.3. The smallest absolute Gasteiger partial charge is 0.462 e. The number of phosphoric ester groups is 1. The van der Waals surface area contributed by atoms with E-state index in [2.05, 4.69) is 85.2 Å². The maximum Gasteiger partial charge on any atom is 0.469 e. The fourth-order valence-electron chi connectivity index (χ4n) is 4.69. The summed E-state index contributed by atoms with van der Waals surface area (Å²) in [5, 5.41) is 9.69. The van der Waals surface area contributed by atoms with E-state index < -0.39 is 32.5 Å². The van der Waals surface area contributed by atoms with E-state index in [-0.39, 0.29) is 25.6 Å². The molecule has 9 nitrogen and oxygen atoms in total. The van der Waals surface area contributed by atoms with Crippen LogP contribution < -0.4 is 0 Å². The lowest BCUT2D eigenvalue weighted by Crippen LogP contribution is -2.29. The summed E-state index contributed by atoms with van der Waals surface area (Å²) in [4.78, 5) is 42.7. The van der Waals surface area contributed by atoms with Gasteiger partial charge in [0.1, 0.15) is 6.61 Å². The number of unbranched alkanes of at least 4 members (excludes halogenated alkanes) is 6. The third-order valence-electron chi connectivity index (χ3n) is 7.45. The quantitative estimate of drug-likeness (QED) is 0.0260. The number of rotatable bonds is 33. The third-order valence-corrected chi connectivity index (χ3v) is 7.94. The molecule has 0 aliphatic rings. The first-order valence-corrected chi connectivity index (χ1v) is 20.5. The predicted octanol–water partition coefficient (Wildman–Crippen LogP) is 10.3. The summed E-state index contributed by atoms with van der Waals surface area (Å²) in [6.07, 6.45) is 43.7. The molecule has 0 saturated heterocycles. The molecule has 0 saturated carbocycles. The number of carbonyl (C=O) groups excluding carboxylic acids is 2. The zero-order valence-electron chi connectivity index (χ0n) is 31.3. The summed E-state index contributed by atoms with van der Waals surface area (Å²) in [6.45, 7) is 3.29. The Hall–Kier alpha value is -2.81. The molecule has 0 aromatic rings. The van der Waals surface area contributed by atoms with Gasteiger partial charge in [0.05, 0.1) is 12.7 Å². The Morgan fingerprint density at radius 1 is 0.608 bits per heavy atom. The van der Waals surface area contributed by atoms with E-state index in [0.29, 0.717) is 25.7 Å². The van der Waals surface area contributed by atoms with E-state index in [9.17, 15) is 19.3 Å². The van der Waals surface area contributed by atoms with E-state index in [1.54, 1.807) is 0 Å². The zero-order valence-corrected chi connectivity index (χ0v) is 32.2. The van der Waals surface area contributed by atoms with Crippen molar-refractivity contribution in [3.05, 3.63) is 85.1 Å². The van der Waals surface area contributed by atoms with Gasteiger partial charge in [0.2, 0.25) is 0 Å². The van der Waals surface area contributed by atoms with Gasteiger partial charge in [0.15, 0.2) is 6.10 Å². The van der Waals surface area contributed by atoms with Crippen LogP contribution in [0.3, 0.4) is 0 Å². The number of carbonyl (C=O) groups is 2. The summed E-state index contributed by atoms with van der Waals surface area (Å²) in [5.41, 5.74) is 0. The molecule has 0 radical (unpaired) electrons. The first-order chi connectivity index (χ1) is 24.7. The van der Waals surface area contributed by atoms with Crippen molar-refractivity contribution >= 4 is 19.8 Å². The standard InChI is InChI=1S/C41H67O9P/c1-3-5-6-7-8-9-10-11-12-15-19-22-25-28-31-35-41(44)50-39(37-49-51(45,46)47)36-48-40(43)34-30-27-24-21-18-16-13-14-17-20-23-26-29-33-38(42)32-4-2/h5-6,8-9,11-13,16-17,20-21,24,26,29,38-39,42H,3-4,7,10,14-15,18-19,22-23,25,27-28,30-37H2,1-2H3,(H2,45,46,47)/b6-5-,9-8-,12-11-,16-13-,20-17-,24-21-,29-26-/t38?,39-/m1/s1. The number of allylic oxidation sites excluding steroid dienone is 13. The van der Waals surface area contributed by atoms with Crippen LogP contribution in [0.5, 0.6) is 0 Å². The highest BCUT2D eigenvalue weighted by atomic mass is 31.2. The summed E-state index contributed by atoms with van der Waals surface area (Å²) >= 11 is 0. The van der Waals surface area contributed by atoms with Crippen LogP contribution in [0.2, 0.25) is 0 Å². The normalized spacial score (nSPS) is 14.1. The van der Waals surface area contributed by atoms with Crippen LogP contribution in [0, 0.1) is 0 Å². The van der Waals surface area contributed by atoms with Gasteiger partial charge in [-0.05, 0) is 83.5 Å². The van der Waals surface area contributed by atoms with Gasteiger partial charge >= 0.3 is 19.8 Å². The highest BCUT2D eigenvalue weighted by Gasteiger charge is 2.22. The Bertz CT molecular complexity index is 1110. The average molecular weight is 735 g/mol. The van der Waals surface area contributed by atoms with Crippen LogP contribution in [0.15, 0.2) is 85.1 Å². The van der Waals surface area contributed by atoms with Crippen molar-refractivity contribution < 1.29 is 43.0 Å². The van der Waals surface area contributed by atoms with Crippen molar-refractivity contribution in [2.75, 3.05) is 13.2 Å². The van der Waals surface area contributed by atoms with E-state index >= 15 is 0 Å². The van der Waals surface area contributed by atoms with E-state index in [1.165, 1.54) is 0 Å². The van der Waals surface area contributed by atoms with Crippen LogP contribution >= 0.6 is 7.82 Å². The van der Waals surface area contributed by atoms with Crippen LogP contribution in [0.25, 0.3) is 0 Å². The van der Waals surface area contributed by atoms with Gasteiger partial charge in [-0.1, -0.05) is 125 Å². The van der Waals surface area contributed by atoms with Crippen LogP contribution in [-0.4, -0.2) is 52.3 Å². The molecule has 0 spiro atoms. The van der Waals surface area contributed by atoms with Gasteiger partial charge in [-0.2, -0.15) is 0 Å². The van der Waals surface area contributed by atoms with Gasteiger partial charge in [-0.25, -0.2) is 4.57 Å². The molecule has 0 aliphatic carbocycles. The van der Waals surface area contributed by atoms with Crippen molar-refractivity contribution in [3.63, 3.8) is 0 Å². The van der Waals surface area contributed by atoms with Crippen LogP contribution in [0.4, 0.5) is 0 Å². The predicted molar refractivity (Wildman–Crippen MR) is 208 cm³/mol. The fraction of sp³-hybridized carbons (Fsp3) is 0.610. The molecule has 1 unspecified atom stereocenters. The molecule has 0 aromatic heterocycles. The van der Waals surface area contributed by atoms with Crippen molar-refractivity contribution in [1.82, 2.24) is 0 Å². The minimum absolute atomic E-state index is 0.167. The van der Waals surface area contributed by atoms with Crippen molar-refractivity contribution in [2.45, 2.75) is 148 Å². The molecular formula is C41H67O9P. The Morgan fingerprint density at radius 3 is 1.67 bits per heavy atom. The van der Waals surface area contributed by atoms with Crippen LogP contribution in [-0.2, 0) is 28.2 Å². The topological polar surface area (TPSA) is 140 Å². The lowest BCUT2D eigenvalue weighted by molar-refractivity contribution is -0.161. The lowest BCUT2D eigenvalue weighted by atomic mass is 10.1. The summed E-state index contributed by atoms with van der Waals surface area (Å²) in [5.74, 6) is -1.00. The molecule has 2 atom stereocenters. The second kappa shape index (κ2) is 35.6. The molecule has 290 valence electrons. The molecule has 0 aromatic carbocycles. The minimum atomic E-state index is -4.78. The minimum Gasteiger partial charge on any atom is -0.462 e. The largest absolute Gasteiger partial charge is 0.469 e. The second-order valence-corrected chi connectivity index (χ2v) is 13.6. The molecule has 51 heavy (non-hydrogen) atoms. The fourth-order valence-corrected chi connectivity index (χ4v) is 5.05. The van der Waals surface area contributed by atoms with E-state index in [1.807, 2.05) is 18.2 Å². The number of aliphatic hydroxyl groups is 1. The number of hydrogen-bond donors (Lipinski definition) is 3. The zero-order chi connectivity index (χ0) is 37.7. The molecule has 3 N–H and O–H groups in total. The summed E-state index contributed by atoms with van der Waals surface area (Å²) in [6, 6.07) is 0. The third kappa shape index (κ3) is 38.3. The number of esters is 2. The molecule has 0 heterocycles. The van der Waals surface area contributed by atoms with Gasteiger partial charge < -0.3 is 24.4 Å². The number of phosphoric acid groups is 1. The molecule has 0 aliphatic heterocycles. The Morgan fingerprint density at radius 2 is 1.10 bits per heavy atom. The van der Waals surface area contributed by atoms with Gasteiger partial charge in [-0.15, -0.1) is 0 Å². The lowest BCUT2D eigenvalue weighted by Gasteiger charge is -2.18. The number of hydrogen-bond acceptors (Lipinski definition) is 7. The Labute approximate surface area is 308 Å². The van der Waals surface area contributed by atoms with Crippen molar-refractivity contribution in [1.29, 1.82) is 0 Å². The Kier molecular flexibility index (Phi) is 33.6. The SMILES string of the molecule is CC/C=C\C/C=C\C/C=C\CCCCCCCC(=O)O[C@H](COC(=O)CCC/C=C\C/C=C\C/C=C\C/C=C\CC(O)CCC)COP(=O)(O)O. The first kappa shape index (κ1) is 48.2. The van der Waals surface area contributed by atoms with Gasteiger partial charge in [0, 0.05) is 12.8 Å². The van der Waals surface area contributed by atoms with E-state index in [4.69, 9.17) is 19.3 Å². The highest BCUT2D eigenvalue weighted by molar-refractivity contribution is 7.46. The Balaban J connectivity index is 4.14. The summed E-state index contributed by atoms with van der Waals surface area (Å²) < 4.78 is 26.2. The average Bonchev–Trinajstić information content (AvgIpc) is 3.09. The molecule has 0 rings (SSSR count). The summed E-state index contributed by atoms with van der Waals surface area (Å²) in [7, 11) is -4.78. The molecule has 0 bridgehead atoms. The van der Waals surface area contributed by atoms with Gasteiger partial charge in [-0.3, -0.25) is 14.1 Å². The van der Waals surface area contributed by atoms with E-state index in [0.717, 1.165) is 83.5 Å². The number of aliphatic hydroxyl groups excluding tert-OH is 1. The maximum atomic E-state index is 12.4.